The number of amides is 1. The molecule has 0 fully saturated rings. The van der Waals surface area contributed by atoms with Crippen LogP contribution in [-0.4, -0.2) is 26.5 Å². The molecule has 0 saturated carbocycles. The Morgan fingerprint density at radius 2 is 2.27 bits per heavy atom. The number of tetrazole rings is 1. The van der Waals surface area contributed by atoms with E-state index in [2.05, 4.69) is 26.0 Å². The minimum absolute atomic E-state index is 0.0824. The Morgan fingerprint density at radius 3 is 2.95 bits per heavy atom. The van der Waals surface area contributed by atoms with Crippen LogP contribution in [0.4, 0.5) is 5.69 Å². The van der Waals surface area contributed by atoms with E-state index in [1.807, 2.05) is 42.6 Å². The maximum absolute atomic E-state index is 12.3. The molecule has 0 atom stereocenters. The van der Waals surface area contributed by atoms with Crippen LogP contribution in [0.5, 0.6) is 0 Å². The van der Waals surface area contributed by atoms with Crippen molar-refractivity contribution in [2.75, 3.05) is 4.90 Å². The molecule has 1 amide bonds. The first-order chi connectivity index (χ1) is 10.8. The molecule has 0 aliphatic carbocycles. The zero-order valence-electron chi connectivity index (χ0n) is 12.1. The summed E-state index contributed by atoms with van der Waals surface area (Å²) in [5, 5.41) is 17.9. The summed E-state index contributed by atoms with van der Waals surface area (Å²) in [5.74, 6) is 0.667. The minimum Gasteiger partial charge on any atom is -0.308 e. The molecule has 6 nitrogen and oxygen atoms in total. The number of rotatable bonds is 5. The minimum atomic E-state index is 0.0824. The van der Waals surface area contributed by atoms with E-state index in [9.17, 15) is 4.79 Å². The van der Waals surface area contributed by atoms with Gasteiger partial charge in [-0.15, -0.1) is 5.10 Å². The maximum Gasteiger partial charge on any atom is 0.227 e. The number of hydrogen-bond acceptors (Lipinski definition) is 5. The Labute approximate surface area is 131 Å². The molecule has 1 aromatic carbocycles. The zero-order valence-corrected chi connectivity index (χ0v) is 12.9. The number of hydrogen-bond donors (Lipinski definition) is 1. The van der Waals surface area contributed by atoms with E-state index < -0.39 is 0 Å². The number of carbonyl (C=O) groups is 1. The van der Waals surface area contributed by atoms with Gasteiger partial charge in [-0.05, 0) is 44.9 Å². The van der Waals surface area contributed by atoms with Crippen molar-refractivity contribution in [1.82, 2.24) is 20.6 Å². The molecule has 2 heterocycles. The van der Waals surface area contributed by atoms with E-state index >= 15 is 0 Å². The van der Waals surface area contributed by atoms with Crippen molar-refractivity contribution < 1.29 is 4.79 Å². The number of nitrogens with zero attached hydrogens (tertiary/aromatic N) is 4. The Bertz CT molecular complexity index is 739. The van der Waals surface area contributed by atoms with Gasteiger partial charge in [0.2, 0.25) is 5.91 Å². The molecule has 0 aliphatic rings. The van der Waals surface area contributed by atoms with Crippen LogP contribution in [0, 0.1) is 0 Å². The highest BCUT2D eigenvalue weighted by Gasteiger charge is 2.16. The molecule has 3 aromatic rings. The first-order valence-electron chi connectivity index (χ1n) is 6.93. The summed E-state index contributed by atoms with van der Waals surface area (Å²) in [4.78, 5) is 14.1. The van der Waals surface area contributed by atoms with Gasteiger partial charge >= 0.3 is 0 Å². The van der Waals surface area contributed by atoms with Crippen LogP contribution < -0.4 is 4.90 Å². The molecule has 0 saturated heterocycles. The van der Waals surface area contributed by atoms with E-state index in [1.54, 1.807) is 16.2 Å². The zero-order chi connectivity index (χ0) is 15.4. The fourth-order valence-electron chi connectivity index (χ4n) is 2.18. The standard InChI is InChI=1S/C15H15N5OS/c1-2-14(21)20(9-11-6-7-22-10-11)13-5-3-4-12(8-13)15-16-18-19-17-15/h3-8,10H,2,9H2,1H3,(H,16,17,18,19). The van der Waals surface area contributed by atoms with Crippen molar-refractivity contribution in [3.63, 3.8) is 0 Å². The fraction of sp³-hybridized carbons (Fsp3) is 0.200. The van der Waals surface area contributed by atoms with Crippen LogP contribution in [0.2, 0.25) is 0 Å². The summed E-state index contributed by atoms with van der Waals surface area (Å²) in [7, 11) is 0. The third kappa shape index (κ3) is 3.04. The van der Waals surface area contributed by atoms with Crippen molar-refractivity contribution in [3.05, 3.63) is 46.7 Å². The molecule has 112 valence electrons. The monoisotopic (exact) mass is 313 g/mol. The smallest absolute Gasteiger partial charge is 0.227 e. The van der Waals surface area contributed by atoms with Crippen molar-refractivity contribution >= 4 is 22.9 Å². The van der Waals surface area contributed by atoms with E-state index in [-0.39, 0.29) is 5.91 Å². The maximum atomic E-state index is 12.3. The van der Waals surface area contributed by atoms with Gasteiger partial charge in [0, 0.05) is 17.7 Å². The second-order valence-electron chi connectivity index (χ2n) is 4.77. The number of thiophene rings is 1. The highest BCUT2D eigenvalue weighted by atomic mass is 32.1. The number of aromatic nitrogens is 4. The largest absolute Gasteiger partial charge is 0.308 e. The van der Waals surface area contributed by atoms with Gasteiger partial charge in [0.25, 0.3) is 0 Å². The average Bonchev–Trinajstić information content (AvgIpc) is 3.25. The van der Waals surface area contributed by atoms with E-state index in [4.69, 9.17) is 0 Å². The quantitative estimate of drug-likeness (QED) is 0.786. The molecular weight excluding hydrogens is 298 g/mol. The Hall–Kier alpha value is -2.54. The fourth-order valence-corrected chi connectivity index (χ4v) is 2.84. The Kier molecular flexibility index (Phi) is 4.24. The summed E-state index contributed by atoms with van der Waals surface area (Å²) in [6.07, 6.45) is 0.457. The number of carbonyl (C=O) groups excluding carboxylic acids is 1. The molecular formula is C15H15N5OS. The highest BCUT2D eigenvalue weighted by Crippen LogP contribution is 2.24. The SMILES string of the molecule is CCC(=O)N(Cc1ccsc1)c1cccc(-c2nnn[nH]2)c1. The first-order valence-corrected chi connectivity index (χ1v) is 7.88. The van der Waals surface area contributed by atoms with Crippen LogP contribution in [-0.2, 0) is 11.3 Å². The lowest BCUT2D eigenvalue weighted by Crippen LogP contribution is -2.29. The Morgan fingerprint density at radius 1 is 1.36 bits per heavy atom. The van der Waals surface area contributed by atoms with Gasteiger partial charge in [-0.1, -0.05) is 19.1 Å². The van der Waals surface area contributed by atoms with E-state index in [0.29, 0.717) is 18.8 Å². The highest BCUT2D eigenvalue weighted by molar-refractivity contribution is 7.07. The number of aromatic amines is 1. The lowest BCUT2D eigenvalue weighted by atomic mass is 10.1. The molecule has 22 heavy (non-hydrogen) atoms. The van der Waals surface area contributed by atoms with Gasteiger partial charge in [0.15, 0.2) is 5.82 Å². The van der Waals surface area contributed by atoms with Crippen LogP contribution in [0.3, 0.4) is 0 Å². The predicted octanol–water partition coefficient (Wildman–Crippen LogP) is 2.87. The van der Waals surface area contributed by atoms with Gasteiger partial charge in [-0.2, -0.15) is 11.3 Å². The van der Waals surface area contributed by atoms with Crippen molar-refractivity contribution in [1.29, 1.82) is 0 Å². The molecule has 0 aliphatic heterocycles. The van der Waals surface area contributed by atoms with E-state index in [0.717, 1.165) is 16.8 Å². The Balaban J connectivity index is 1.93. The first kappa shape index (κ1) is 14.4. The summed E-state index contributed by atoms with van der Waals surface area (Å²) in [6, 6.07) is 9.68. The summed E-state index contributed by atoms with van der Waals surface area (Å²) >= 11 is 1.63. The summed E-state index contributed by atoms with van der Waals surface area (Å²) < 4.78 is 0. The normalized spacial score (nSPS) is 10.6. The third-order valence-electron chi connectivity index (χ3n) is 3.30. The molecule has 2 aromatic heterocycles. The number of benzene rings is 1. The topological polar surface area (TPSA) is 74.8 Å². The molecule has 3 rings (SSSR count). The predicted molar refractivity (Wildman–Crippen MR) is 85.4 cm³/mol. The van der Waals surface area contributed by atoms with Crippen LogP contribution in [0.1, 0.15) is 18.9 Å². The van der Waals surface area contributed by atoms with Gasteiger partial charge in [-0.25, -0.2) is 5.10 Å². The van der Waals surface area contributed by atoms with Gasteiger partial charge in [0.1, 0.15) is 0 Å². The van der Waals surface area contributed by atoms with Gasteiger partial charge in [-0.3, -0.25) is 4.79 Å². The molecule has 0 bridgehead atoms. The van der Waals surface area contributed by atoms with Gasteiger partial charge < -0.3 is 4.90 Å². The lowest BCUT2D eigenvalue weighted by molar-refractivity contribution is -0.118. The molecule has 7 heteroatoms. The second kappa shape index (κ2) is 6.48. The molecule has 1 N–H and O–H groups in total. The summed E-state index contributed by atoms with van der Waals surface area (Å²) in [6.45, 7) is 2.43. The van der Waals surface area contributed by atoms with E-state index in [1.165, 1.54) is 0 Å². The number of H-pyrrole nitrogens is 1. The van der Waals surface area contributed by atoms with Crippen molar-refractivity contribution in [3.8, 4) is 11.4 Å². The van der Waals surface area contributed by atoms with Crippen LogP contribution in [0.25, 0.3) is 11.4 Å². The molecule has 0 unspecified atom stereocenters. The summed E-state index contributed by atoms with van der Waals surface area (Å²) in [5.41, 5.74) is 2.81. The number of anilines is 1. The number of nitrogens with one attached hydrogen (secondary N) is 1. The third-order valence-corrected chi connectivity index (χ3v) is 4.03. The average molecular weight is 313 g/mol. The lowest BCUT2D eigenvalue weighted by Gasteiger charge is -2.22. The molecule has 0 radical (unpaired) electrons. The van der Waals surface area contributed by atoms with Gasteiger partial charge in [0.05, 0.1) is 6.54 Å². The second-order valence-corrected chi connectivity index (χ2v) is 5.55. The van der Waals surface area contributed by atoms with Crippen LogP contribution >= 0.6 is 11.3 Å². The van der Waals surface area contributed by atoms with Crippen LogP contribution in [0.15, 0.2) is 41.1 Å². The van der Waals surface area contributed by atoms with Crippen molar-refractivity contribution in [2.45, 2.75) is 19.9 Å². The molecule has 0 spiro atoms. The van der Waals surface area contributed by atoms with Crippen molar-refractivity contribution in [2.24, 2.45) is 0 Å².